The highest BCUT2D eigenvalue weighted by Crippen LogP contribution is 2.34. The molecule has 1 saturated heterocycles. The molecule has 1 fully saturated rings. The summed E-state index contributed by atoms with van der Waals surface area (Å²) in [5.74, 6) is 0.107. The minimum atomic E-state index is -4.53. The molecule has 1 amide bonds. The largest absolute Gasteiger partial charge is 0.416 e. The molecule has 0 unspecified atom stereocenters. The van der Waals surface area contributed by atoms with Crippen LogP contribution in [0.25, 0.3) is 0 Å². The fraction of sp³-hybridized carbons (Fsp3) is 0.385. The predicted molar refractivity (Wildman–Crippen MR) is 141 cm³/mol. The van der Waals surface area contributed by atoms with Crippen molar-refractivity contribution in [1.29, 1.82) is 0 Å². The summed E-state index contributed by atoms with van der Waals surface area (Å²) in [4.78, 5) is 30.1. The molecule has 1 atom stereocenters. The Morgan fingerprint density at radius 3 is 2.62 bits per heavy atom. The average Bonchev–Trinajstić information content (AvgIpc) is 2.92. The number of nitrogen functional groups attached to an aromatic ring is 1. The Labute approximate surface area is 228 Å². The number of fused-ring (bicyclic) bond motifs is 1. The van der Waals surface area contributed by atoms with E-state index in [4.69, 9.17) is 22.1 Å². The minimum absolute atomic E-state index is 0.000124. The van der Waals surface area contributed by atoms with Gasteiger partial charge in [0, 0.05) is 37.3 Å². The van der Waals surface area contributed by atoms with Crippen molar-refractivity contribution < 1.29 is 22.7 Å². The molecule has 3 aromatic rings. The summed E-state index contributed by atoms with van der Waals surface area (Å²) in [5, 5.41) is 3.15. The van der Waals surface area contributed by atoms with E-state index in [1.165, 1.54) is 6.07 Å². The zero-order valence-corrected chi connectivity index (χ0v) is 21.9. The Kier molecular flexibility index (Phi) is 7.50. The summed E-state index contributed by atoms with van der Waals surface area (Å²) >= 11 is 6.16. The Hall–Kier alpha value is -3.64. The number of hydrogen-bond acceptors (Lipinski definition) is 8. The number of morpholine rings is 1. The van der Waals surface area contributed by atoms with Gasteiger partial charge >= 0.3 is 6.18 Å². The molecule has 2 aliphatic heterocycles. The van der Waals surface area contributed by atoms with E-state index in [0.717, 1.165) is 30.9 Å². The Morgan fingerprint density at radius 2 is 1.92 bits per heavy atom. The van der Waals surface area contributed by atoms with Crippen molar-refractivity contribution >= 4 is 34.7 Å². The van der Waals surface area contributed by atoms with Crippen LogP contribution in [0.5, 0.6) is 0 Å². The average molecular weight is 562 g/mol. The number of carbonyl (C=O) groups is 1. The second-order valence-corrected chi connectivity index (χ2v) is 9.83. The van der Waals surface area contributed by atoms with Crippen LogP contribution < -0.4 is 16.0 Å². The molecule has 2 aromatic heterocycles. The maximum absolute atomic E-state index is 13.3. The lowest BCUT2D eigenvalue weighted by atomic mass is 10.0. The molecule has 4 heterocycles. The third-order valence-corrected chi connectivity index (χ3v) is 6.99. The van der Waals surface area contributed by atoms with Gasteiger partial charge in [-0.3, -0.25) is 4.79 Å². The summed E-state index contributed by atoms with van der Waals surface area (Å²) in [5.41, 5.74) is 7.81. The number of nitrogens with zero attached hydrogens (tertiary/aromatic N) is 5. The van der Waals surface area contributed by atoms with Crippen LogP contribution in [0.4, 0.5) is 30.4 Å². The number of ether oxygens (including phenoxy) is 1. The molecule has 0 saturated carbocycles. The number of pyridine rings is 1. The zero-order valence-electron chi connectivity index (χ0n) is 21.1. The first-order valence-corrected chi connectivity index (χ1v) is 12.8. The van der Waals surface area contributed by atoms with Crippen LogP contribution in [0.1, 0.15) is 45.8 Å². The van der Waals surface area contributed by atoms with Crippen LogP contribution in [0.15, 0.2) is 36.5 Å². The number of halogens is 4. The van der Waals surface area contributed by atoms with E-state index >= 15 is 0 Å². The molecule has 206 valence electrons. The summed E-state index contributed by atoms with van der Waals surface area (Å²) in [7, 11) is 0. The van der Waals surface area contributed by atoms with Gasteiger partial charge in [0.2, 0.25) is 5.28 Å². The van der Waals surface area contributed by atoms with E-state index in [1.54, 1.807) is 24.1 Å². The van der Waals surface area contributed by atoms with Gasteiger partial charge in [0.1, 0.15) is 11.5 Å². The van der Waals surface area contributed by atoms with Gasteiger partial charge in [-0.15, -0.1) is 0 Å². The van der Waals surface area contributed by atoms with Crippen molar-refractivity contribution in [3.8, 4) is 0 Å². The number of alkyl halides is 3. The van der Waals surface area contributed by atoms with Crippen LogP contribution in [0.3, 0.4) is 0 Å². The Bertz CT molecular complexity index is 1360. The highest BCUT2D eigenvalue weighted by atomic mass is 35.5. The van der Waals surface area contributed by atoms with E-state index in [-0.39, 0.29) is 23.4 Å². The third-order valence-electron chi connectivity index (χ3n) is 6.82. The van der Waals surface area contributed by atoms with Gasteiger partial charge in [0.05, 0.1) is 48.9 Å². The second-order valence-electron chi connectivity index (χ2n) is 9.50. The zero-order chi connectivity index (χ0) is 27.7. The van der Waals surface area contributed by atoms with Crippen molar-refractivity contribution in [2.75, 3.05) is 48.8 Å². The number of benzene rings is 1. The summed E-state index contributed by atoms with van der Waals surface area (Å²) < 4.78 is 45.4. The molecule has 39 heavy (non-hydrogen) atoms. The maximum Gasteiger partial charge on any atom is 0.416 e. The fourth-order valence-corrected chi connectivity index (χ4v) is 4.93. The van der Waals surface area contributed by atoms with E-state index < -0.39 is 17.8 Å². The standard InChI is InChI=1S/C26H27ClF3N7O2/c1-15(16-10-17(26(28,29)30)12-18(31)11-16)33-23-20-14-37(5-4-21(20)34-25(27)35-23)24(38)22-3-2-19(13-32-22)36-6-8-39-9-7-36/h2-3,10-13,15H,4-9,14,31H2,1H3,(H,33,34,35)/t15-/m1/s1. The summed E-state index contributed by atoms with van der Waals surface area (Å²) in [6.07, 6.45) is -2.40. The number of anilines is 3. The summed E-state index contributed by atoms with van der Waals surface area (Å²) in [6, 6.07) is 6.41. The van der Waals surface area contributed by atoms with Crippen LogP contribution in [0.2, 0.25) is 5.28 Å². The van der Waals surface area contributed by atoms with E-state index in [2.05, 4.69) is 25.2 Å². The van der Waals surface area contributed by atoms with Gasteiger partial charge in [-0.2, -0.15) is 13.2 Å². The lowest BCUT2D eigenvalue weighted by Gasteiger charge is -2.30. The van der Waals surface area contributed by atoms with Crippen molar-refractivity contribution in [2.24, 2.45) is 0 Å². The minimum Gasteiger partial charge on any atom is -0.399 e. The molecule has 3 N–H and O–H groups in total. The van der Waals surface area contributed by atoms with Crippen LogP contribution >= 0.6 is 11.6 Å². The van der Waals surface area contributed by atoms with Gasteiger partial charge < -0.3 is 25.6 Å². The quantitative estimate of drug-likeness (QED) is 0.350. The number of nitrogens with two attached hydrogens (primary N) is 1. The lowest BCUT2D eigenvalue weighted by molar-refractivity contribution is -0.137. The number of rotatable bonds is 5. The van der Waals surface area contributed by atoms with E-state index in [0.29, 0.717) is 54.5 Å². The SMILES string of the molecule is C[C@@H](Nc1nc(Cl)nc2c1CN(C(=O)c1ccc(N3CCOCC3)cn1)CC2)c1cc(N)cc(C(F)(F)F)c1. The Balaban J connectivity index is 1.35. The Morgan fingerprint density at radius 1 is 1.15 bits per heavy atom. The van der Waals surface area contributed by atoms with Gasteiger partial charge in [0.15, 0.2) is 0 Å². The second kappa shape index (κ2) is 10.9. The van der Waals surface area contributed by atoms with Crippen LogP contribution in [-0.4, -0.2) is 58.6 Å². The first-order chi connectivity index (χ1) is 18.6. The third kappa shape index (κ3) is 6.01. The summed E-state index contributed by atoms with van der Waals surface area (Å²) in [6.45, 7) is 5.13. The monoisotopic (exact) mass is 561 g/mol. The van der Waals surface area contributed by atoms with Gasteiger partial charge in [-0.05, 0) is 54.4 Å². The van der Waals surface area contributed by atoms with Crippen molar-refractivity contribution in [3.63, 3.8) is 0 Å². The molecule has 2 aliphatic rings. The van der Waals surface area contributed by atoms with Crippen molar-refractivity contribution in [3.05, 3.63) is 69.9 Å². The molecular formula is C26H27ClF3N7O2. The topological polar surface area (TPSA) is 110 Å². The number of hydrogen-bond donors (Lipinski definition) is 2. The van der Waals surface area contributed by atoms with Crippen molar-refractivity contribution in [1.82, 2.24) is 19.9 Å². The molecule has 5 rings (SSSR count). The number of aromatic nitrogens is 3. The number of nitrogens with one attached hydrogen (secondary N) is 1. The van der Waals surface area contributed by atoms with Crippen LogP contribution in [0, 0.1) is 0 Å². The van der Waals surface area contributed by atoms with Gasteiger partial charge in [-0.1, -0.05) is 0 Å². The normalized spacial score (nSPS) is 16.5. The first kappa shape index (κ1) is 26.9. The smallest absolute Gasteiger partial charge is 0.399 e. The molecule has 0 aliphatic carbocycles. The highest BCUT2D eigenvalue weighted by Gasteiger charge is 2.32. The van der Waals surface area contributed by atoms with Gasteiger partial charge in [-0.25, -0.2) is 15.0 Å². The molecular weight excluding hydrogens is 535 g/mol. The molecule has 9 nitrogen and oxygen atoms in total. The van der Waals surface area contributed by atoms with E-state index in [9.17, 15) is 18.0 Å². The molecule has 1 aromatic carbocycles. The maximum atomic E-state index is 13.3. The van der Waals surface area contributed by atoms with Crippen LogP contribution in [-0.2, 0) is 23.9 Å². The number of amides is 1. The first-order valence-electron chi connectivity index (χ1n) is 12.5. The number of carbonyl (C=O) groups excluding carboxylic acids is 1. The van der Waals surface area contributed by atoms with E-state index in [1.807, 2.05) is 6.07 Å². The van der Waals surface area contributed by atoms with Gasteiger partial charge in [0.25, 0.3) is 5.91 Å². The molecule has 0 radical (unpaired) electrons. The molecule has 0 bridgehead atoms. The molecule has 0 spiro atoms. The highest BCUT2D eigenvalue weighted by molar-refractivity contribution is 6.28. The predicted octanol–water partition coefficient (Wildman–Crippen LogP) is 4.33. The fourth-order valence-electron chi connectivity index (χ4n) is 4.74. The molecule has 13 heteroatoms. The lowest BCUT2D eigenvalue weighted by Crippen LogP contribution is -2.38. The van der Waals surface area contributed by atoms with Crippen molar-refractivity contribution in [2.45, 2.75) is 32.1 Å².